The van der Waals surface area contributed by atoms with Crippen LogP contribution in [0.25, 0.3) is 54.2 Å². The van der Waals surface area contributed by atoms with Gasteiger partial charge >= 0.3 is 12.4 Å². The largest absolute Gasteiger partial charge is 0.417 e. The van der Waals surface area contributed by atoms with E-state index in [1.54, 1.807) is 12.1 Å². The molecule has 0 saturated carbocycles. The highest BCUT2D eigenvalue weighted by molar-refractivity contribution is 6.37. The highest BCUT2D eigenvalue weighted by Crippen LogP contribution is 2.60. The van der Waals surface area contributed by atoms with Crippen LogP contribution in [0.5, 0.6) is 0 Å². The first-order valence-electron chi connectivity index (χ1n) is 14.1. The molecule has 0 aliphatic heterocycles. The summed E-state index contributed by atoms with van der Waals surface area (Å²) in [6.07, 6.45) is -9.69. The van der Waals surface area contributed by atoms with Crippen molar-refractivity contribution < 1.29 is 26.3 Å². The number of rotatable bonds is 2. The van der Waals surface area contributed by atoms with Gasteiger partial charge < -0.3 is 0 Å². The maximum absolute atomic E-state index is 13.8. The monoisotopic (exact) mass is 666 g/mol. The third kappa shape index (κ3) is 4.85. The summed E-state index contributed by atoms with van der Waals surface area (Å²) in [5.74, 6) is 0. The molecule has 2 aliphatic rings. The van der Waals surface area contributed by atoms with E-state index in [4.69, 9.17) is 13.1 Å². The topological polar surface area (TPSA) is 104 Å². The number of hydrogen-bond donors (Lipinski definition) is 0. The Balaban J connectivity index is 1.71. The summed E-state index contributed by atoms with van der Waals surface area (Å²) >= 11 is 0. The highest BCUT2D eigenvalue weighted by Gasteiger charge is 2.41. The molecule has 0 fully saturated rings. The fourth-order valence-electron chi connectivity index (χ4n) is 6.40. The third-order valence-corrected chi connectivity index (χ3v) is 8.36. The average molecular weight is 667 g/mol. The van der Waals surface area contributed by atoms with E-state index >= 15 is 0 Å². The van der Waals surface area contributed by atoms with Crippen molar-refractivity contribution in [2.75, 3.05) is 0 Å². The molecule has 50 heavy (non-hydrogen) atoms. The molecule has 0 unspecified atom stereocenters. The van der Waals surface area contributed by atoms with Gasteiger partial charge in [-0.15, -0.1) is 0 Å². The molecule has 0 aromatic heterocycles. The van der Waals surface area contributed by atoms with Crippen molar-refractivity contribution in [2.24, 2.45) is 0 Å². The summed E-state index contributed by atoms with van der Waals surface area (Å²) in [6, 6.07) is 22.0. The summed E-state index contributed by atoms with van der Waals surface area (Å²) in [6.45, 7) is 15.5. The van der Waals surface area contributed by atoms with Crippen LogP contribution in [0.2, 0.25) is 0 Å². The molecule has 0 heterocycles. The summed E-state index contributed by atoms with van der Waals surface area (Å²) < 4.78 is 83.0. The predicted octanol–water partition coefficient (Wildman–Crippen LogP) is 10.0. The number of allylic oxidation sites excluding steroid dienone is 6. The van der Waals surface area contributed by atoms with Gasteiger partial charge in [-0.2, -0.15) is 36.9 Å². The van der Waals surface area contributed by atoms with Crippen LogP contribution < -0.4 is 0 Å². The van der Waals surface area contributed by atoms with Crippen LogP contribution in [-0.2, 0) is 12.4 Å². The maximum Gasteiger partial charge on any atom is 0.417 e. The van der Waals surface area contributed by atoms with E-state index < -0.39 is 46.0 Å². The van der Waals surface area contributed by atoms with Gasteiger partial charge in [-0.1, -0.05) is 48.5 Å². The Labute approximate surface area is 279 Å². The smallest absolute Gasteiger partial charge is 0.226 e. The second kappa shape index (κ2) is 11.7. The van der Waals surface area contributed by atoms with Crippen molar-refractivity contribution in [2.45, 2.75) is 12.4 Å². The Morgan fingerprint density at radius 1 is 0.520 bits per heavy atom. The number of benzene rings is 4. The SMILES string of the molecule is [C-]#[N+]/C(C#N)=C1C2=C(/C(=C(\C#N)[N+]#[C-])c3ccc(-c4cccc(C(F)(F)F)c4C#N)cc32)c2cc(-c3cccc(C(F)(F)F)c3C#N)ccc2\1. The second-order valence-corrected chi connectivity index (χ2v) is 10.8. The lowest BCUT2D eigenvalue weighted by molar-refractivity contribution is -0.138. The molecule has 6 rings (SSSR count). The Morgan fingerprint density at radius 2 is 0.900 bits per heavy atom. The van der Waals surface area contributed by atoms with Gasteiger partial charge in [0.15, 0.2) is 0 Å². The van der Waals surface area contributed by atoms with Gasteiger partial charge in [0.1, 0.15) is 12.1 Å². The van der Waals surface area contributed by atoms with Crippen molar-refractivity contribution in [3.63, 3.8) is 0 Å². The zero-order valence-corrected chi connectivity index (χ0v) is 24.9. The van der Waals surface area contributed by atoms with Crippen LogP contribution in [-0.4, -0.2) is 0 Å². The minimum atomic E-state index is -4.84. The van der Waals surface area contributed by atoms with Crippen molar-refractivity contribution >= 4 is 22.3 Å². The lowest BCUT2D eigenvalue weighted by Gasteiger charge is -2.17. The van der Waals surface area contributed by atoms with Crippen LogP contribution in [0, 0.1) is 58.5 Å². The lowest BCUT2D eigenvalue weighted by Crippen LogP contribution is -2.08. The first-order chi connectivity index (χ1) is 23.8. The molecule has 4 aromatic rings. The van der Waals surface area contributed by atoms with Gasteiger partial charge in [-0.3, -0.25) is 0 Å². The molecule has 12 heteroatoms. The average Bonchev–Trinajstić information content (AvgIpc) is 3.60. The minimum absolute atomic E-state index is 0.0713. The zero-order valence-electron chi connectivity index (χ0n) is 24.9. The highest BCUT2D eigenvalue weighted by atomic mass is 19.4. The first kappa shape index (κ1) is 32.6. The van der Waals surface area contributed by atoms with E-state index in [1.165, 1.54) is 48.5 Å². The van der Waals surface area contributed by atoms with Crippen LogP contribution >= 0.6 is 0 Å². The zero-order chi connectivity index (χ0) is 36.1. The van der Waals surface area contributed by atoms with Crippen LogP contribution in [0.3, 0.4) is 0 Å². The maximum atomic E-state index is 13.8. The molecule has 4 aromatic carbocycles. The number of nitriles is 4. The molecule has 0 radical (unpaired) electrons. The molecule has 6 nitrogen and oxygen atoms in total. The molecule has 0 saturated heterocycles. The normalized spacial score (nSPS) is 14.9. The van der Waals surface area contributed by atoms with Gasteiger partial charge in [-0.05, 0) is 68.8 Å². The van der Waals surface area contributed by atoms with Crippen LogP contribution in [0.15, 0.2) is 84.2 Å². The standard InChI is InChI=1S/C38H12F6N6/c1-49-31(17-47)33-23-11-9-19(21-5-3-7-29(27(21)15-45)37(39,40)41)13-25(23)36-34(32(18-48)50-2)24-12-10-20(14-26(24)35(33)36)22-6-4-8-30(28(22)16-46)38(42,43)44/h3-14H/b33-31-,34-32+. The molecule has 0 bridgehead atoms. The van der Waals surface area contributed by atoms with E-state index in [2.05, 4.69) is 9.69 Å². The Morgan fingerprint density at radius 3 is 1.20 bits per heavy atom. The Bertz CT molecular complexity index is 2370. The lowest BCUT2D eigenvalue weighted by atomic mass is 9.87. The van der Waals surface area contributed by atoms with Crippen molar-refractivity contribution in [3.05, 3.63) is 152 Å². The number of halogens is 6. The Hall–Kier alpha value is -7.38. The van der Waals surface area contributed by atoms with Crippen molar-refractivity contribution in [1.82, 2.24) is 0 Å². The van der Waals surface area contributed by atoms with E-state index in [1.807, 2.05) is 12.1 Å². The summed E-state index contributed by atoms with van der Waals surface area (Å²) in [4.78, 5) is 6.76. The molecular formula is C38H12F6N6. The van der Waals surface area contributed by atoms with E-state index in [-0.39, 0.29) is 66.8 Å². The fraction of sp³-hybridized carbons (Fsp3) is 0.0526. The predicted molar refractivity (Wildman–Crippen MR) is 168 cm³/mol. The van der Waals surface area contributed by atoms with Gasteiger partial charge in [0, 0.05) is 22.3 Å². The molecule has 2 aliphatic carbocycles. The van der Waals surface area contributed by atoms with Crippen molar-refractivity contribution in [3.8, 4) is 46.5 Å². The molecular weight excluding hydrogens is 654 g/mol. The quantitative estimate of drug-likeness (QED) is 0.121. The van der Waals surface area contributed by atoms with Gasteiger partial charge in [-0.25, -0.2) is 20.2 Å². The van der Waals surface area contributed by atoms with E-state index in [9.17, 15) is 47.4 Å². The number of nitrogens with zero attached hydrogens (tertiary/aromatic N) is 6. The number of hydrogen-bond acceptors (Lipinski definition) is 4. The Kier molecular flexibility index (Phi) is 7.62. The second-order valence-electron chi connectivity index (χ2n) is 10.8. The summed E-state index contributed by atoms with van der Waals surface area (Å²) in [5.41, 5.74) is -2.71. The molecule has 0 N–H and O–H groups in total. The molecule has 0 amide bonds. The number of alkyl halides is 6. The number of fused-ring (bicyclic) bond motifs is 4. The molecule has 0 spiro atoms. The molecule has 236 valence electrons. The van der Waals surface area contributed by atoms with Gasteiger partial charge in [0.2, 0.25) is 0 Å². The van der Waals surface area contributed by atoms with Crippen LogP contribution in [0.4, 0.5) is 26.3 Å². The summed E-state index contributed by atoms with van der Waals surface area (Å²) in [7, 11) is 0. The van der Waals surface area contributed by atoms with Gasteiger partial charge in [0.25, 0.3) is 11.4 Å². The van der Waals surface area contributed by atoms with E-state index in [0.717, 1.165) is 24.3 Å². The molecule has 0 atom stereocenters. The van der Waals surface area contributed by atoms with Gasteiger partial charge in [0.05, 0.1) is 47.5 Å². The first-order valence-corrected chi connectivity index (χ1v) is 14.1. The minimum Gasteiger partial charge on any atom is -0.226 e. The van der Waals surface area contributed by atoms with E-state index in [0.29, 0.717) is 0 Å². The summed E-state index contributed by atoms with van der Waals surface area (Å²) in [5, 5.41) is 39.6. The fourth-order valence-corrected chi connectivity index (χ4v) is 6.40. The van der Waals surface area contributed by atoms with Crippen LogP contribution in [0.1, 0.15) is 44.5 Å². The third-order valence-electron chi connectivity index (χ3n) is 8.36. The van der Waals surface area contributed by atoms with Crippen molar-refractivity contribution in [1.29, 1.82) is 21.0 Å².